The number of aromatic nitrogens is 1. The summed E-state index contributed by atoms with van der Waals surface area (Å²) in [4.78, 5) is 42.6. The van der Waals surface area contributed by atoms with E-state index in [4.69, 9.17) is 0 Å². The number of aromatic amines is 1. The number of fused-ring (bicyclic) bond motifs is 2. The number of H-pyrrole nitrogens is 1. The van der Waals surface area contributed by atoms with E-state index in [2.05, 4.69) is 10.3 Å². The predicted molar refractivity (Wildman–Crippen MR) is 104 cm³/mol. The van der Waals surface area contributed by atoms with Crippen LogP contribution in [0.1, 0.15) is 48.9 Å². The average molecular weight is 367 g/mol. The van der Waals surface area contributed by atoms with Gasteiger partial charge in [-0.3, -0.25) is 14.4 Å². The second-order valence-corrected chi connectivity index (χ2v) is 7.60. The van der Waals surface area contributed by atoms with Crippen LogP contribution in [-0.2, 0) is 4.79 Å². The van der Waals surface area contributed by atoms with Gasteiger partial charge in [-0.05, 0) is 43.7 Å². The van der Waals surface area contributed by atoms with Gasteiger partial charge in [0.05, 0.1) is 6.54 Å². The van der Waals surface area contributed by atoms with Gasteiger partial charge < -0.3 is 15.2 Å². The Morgan fingerprint density at radius 3 is 2.78 bits per heavy atom. The van der Waals surface area contributed by atoms with Crippen molar-refractivity contribution in [3.63, 3.8) is 0 Å². The maximum atomic E-state index is 12.7. The van der Waals surface area contributed by atoms with E-state index >= 15 is 0 Å². The Morgan fingerprint density at radius 1 is 1.11 bits per heavy atom. The largest absolute Gasteiger partial charge is 0.360 e. The minimum atomic E-state index is -0.507. The number of hydrogen-bond acceptors (Lipinski definition) is 3. The van der Waals surface area contributed by atoms with E-state index in [0.29, 0.717) is 22.9 Å². The standard InChI is InChI=1S/C21H25N3O3/c25-19(24-11-5-7-14-6-1-4-10-18(14)24)13-23-21(27)16-12-22-17-9-3-2-8-15(17)20(16)26/h2-3,8-9,12,14,18H,1,4-7,10-11,13H2,(H,22,26)(H,23,27). The first kappa shape index (κ1) is 17.8. The topological polar surface area (TPSA) is 82.3 Å². The number of carbonyl (C=O) groups is 2. The molecule has 0 bridgehead atoms. The van der Waals surface area contributed by atoms with E-state index in [-0.39, 0.29) is 23.4 Å². The quantitative estimate of drug-likeness (QED) is 0.874. The van der Waals surface area contributed by atoms with E-state index in [1.54, 1.807) is 18.2 Å². The van der Waals surface area contributed by atoms with Crippen LogP contribution in [0.2, 0.25) is 0 Å². The molecule has 2 unspecified atom stereocenters. The van der Waals surface area contributed by atoms with Crippen molar-refractivity contribution >= 4 is 22.7 Å². The minimum Gasteiger partial charge on any atom is -0.360 e. The first-order valence-corrected chi connectivity index (χ1v) is 9.83. The second-order valence-electron chi connectivity index (χ2n) is 7.60. The molecule has 27 heavy (non-hydrogen) atoms. The molecule has 4 rings (SSSR count). The zero-order valence-electron chi connectivity index (χ0n) is 15.4. The third-order valence-electron chi connectivity index (χ3n) is 6.00. The summed E-state index contributed by atoms with van der Waals surface area (Å²) in [6, 6.07) is 7.39. The van der Waals surface area contributed by atoms with Crippen molar-refractivity contribution in [1.29, 1.82) is 0 Å². The fraction of sp³-hybridized carbons (Fsp3) is 0.476. The van der Waals surface area contributed by atoms with Gasteiger partial charge in [-0.2, -0.15) is 0 Å². The van der Waals surface area contributed by atoms with Crippen molar-refractivity contribution in [3.05, 3.63) is 46.2 Å². The van der Waals surface area contributed by atoms with Gasteiger partial charge in [0.1, 0.15) is 5.56 Å². The van der Waals surface area contributed by atoms with Crippen molar-refractivity contribution in [2.45, 2.75) is 44.6 Å². The highest BCUT2D eigenvalue weighted by Crippen LogP contribution is 2.35. The molecular weight excluding hydrogens is 342 g/mol. The summed E-state index contributed by atoms with van der Waals surface area (Å²) < 4.78 is 0. The van der Waals surface area contributed by atoms with Crippen LogP contribution in [0, 0.1) is 5.92 Å². The third-order valence-corrected chi connectivity index (χ3v) is 6.00. The molecule has 6 nitrogen and oxygen atoms in total. The number of nitrogens with one attached hydrogen (secondary N) is 2. The summed E-state index contributed by atoms with van der Waals surface area (Å²) in [6.45, 7) is 0.709. The van der Waals surface area contributed by atoms with Gasteiger partial charge in [0, 0.05) is 29.7 Å². The highest BCUT2D eigenvalue weighted by molar-refractivity contribution is 5.98. The van der Waals surface area contributed by atoms with Gasteiger partial charge in [0.2, 0.25) is 11.3 Å². The summed E-state index contributed by atoms with van der Waals surface area (Å²) in [7, 11) is 0. The van der Waals surface area contributed by atoms with Crippen molar-refractivity contribution in [2.24, 2.45) is 5.92 Å². The van der Waals surface area contributed by atoms with Crippen LogP contribution in [0.3, 0.4) is 0 Å². The molecule has 0 spiro atoms. The molecule has 2 N–H and O–H groups in total. The number of pyridine rings is 1. The van der Waals surface area contributed by atoms with Crippen LogP contribution in [0.4, 0.5) is 0 Å². The number of carbonyl (C=O) groups excluding carboxylic acids is 2. The van der Waals surface area contributed by atoms with Gasteiger partial charge in [0.25, 0.3) is 5.91 Å². The molecule has 2 fully saturated rings. The SMILES string of the molecule is O=C(NCC(=O)N1CCCC2CCCCC21)c1c[nH]c2ccccc2c1=O. The highest BCUT2D eigenvalue weighted by Gasteiger charge is 2.35. The molecule has 1 aromatic heterocycles. The van der Waals surface area contributed by atoms with Crippen molar-refractivity contribution < 1.29 is 9.59 Å². The zero-order chi connectivity index (χ0) is 18.8. The molecule has 1 aliphatic heterocycles. The van der Waals surface area contributed by atoms with Gasteiger partial charge in [-0.25, -0.2) is 0 Å². The van der Waals surface area contributed by atoms with Crippen LogP contribution >= 0.6 is 0 Å². The Hall–Kier alpha value is -2.63. The smallest absolute Gasteiger partial charge is 0.257 e. The molecule has 1 saturated heterocycles. The number of amides is 2. The fourth-order valence-corrected chi connectivity index (χ4v) is 4.62. The predicted octanol–water partition coefficient (Wildman–Crippen LogP) is 2.44. The van der Waals surface area contributed by atoms with E-state index in [9.17, 15) is 14.4 Å². The average Bonchev–Trinajstić information content (AvgIpc) is 2.72. The minimum absolute atomic E-state index is 0.0377. The molecule has 2 amide bonds. The lowest BCUT2D eigenvalue weighted by Crippen LogP contribution is -2.52. The molecule has 142 valence electrons. The highest BCUT2D eigenvalue weighted by atomic mass is 16.2. The van der Waals surface area contributed by atoms with Gasteiger partial charge >= 0.3 is 0 Å². The van der Waals surface area contributed by atoms with Crippen LogP contribution in [-0.4, -0.2) is 40.8 Å². The molecule has 1 aliphatic carbocycles. The number of piperidine rings is 1. The number of likely N-dealkylation sites (tertiary alicyclic amines) is 1. The summed E-state index contributed by atoms with van der Waals surface area (Å²) in [5.74, 6) is 0.0557. The summed E-state index contributed by atoms with van der Waals surface area (Å²) in [6.07, 6.45) is 8.34. The van der Waals surface area contributed by atoms with Crippen LogP contribution < -0.4 is 10.7 Å². The summed E-state index contributed by atoms with van der Waals surface area (Å²) in [5, 5.41) is 3.12. The monoisotopic (exact) mass is 367 g/mol. The van der Waals surface area contributed by atoms with Crippen molar-refractivity contribution in [1.82, 2.24) is 15.2 Å². The lowest BCUT2D eigenvalue weighted by Gasteiger charge is -2.44. The molecule has 0 radical (unpaired) electrons. The number of rotatable bonds is 3. The maximum Gasteiger partial charge on any atom is 0.257 e. The van der Waals surface area contributed by atoms with Crippen LogP contribution in [0.25, 0.3) is 10.9 Å². The lowest BCUT2D eigenvalue weighted by atomic mass is 9.78. The molecule has 2 atom stereocenters. The zero-order valence-corrected chi connectivity index (χ0v) is 15.4. The third kappa shape index (κ3) is 3.48. The molecule has 2 heterocycles. The number of benzene rings is 1. The van der Waals surface area contributed by atoms with E-state index in [1.165, 1.54) is 31.9 Å². The van der Waals surface area contributed by atoms with Gasteiger partial charge in [0.15, 0.2) is 0 Å². The van der Waals surface area contributed by atoms with Crippen molar-refractivity contribution in [2.75, 3.05) is 13.1 Å². The van der Waals surface area contributed by atoms with Crippen molar-refractivity contribution in [3.8, 4) is 0 Å². The Morgan fingerprint density at radius 2 is 1.89 bits per heavy atom. The maximum absolute atomic E-state index is 12.7. The second kappa shape index (κ2) is 7.55. The number of hydrogen-bond donors (Lipinski definition) is 2. The van der Waals surface area contributed by atoms with Gasteiger partial charge in [-0.1, -0.05) is 25.0 Å². The summed E-state index contributed by atoms with van der Waals surface area (Å²) in [5.41, 5.74) is 0.405. The first-order valence-electron chi connectivity index (χ1n) is 9.83. The molecule has 6 heteroatoms. The number of nitrogens with zero attached hydrogens (tertiary/aromatic N) is 1. The van der Waals surface area contributed by atoms with E-state index in [0.717, 1.165) is 19.4 Å². The Bertz CT molecular complexity index is 918. The molecule has 1 saturated carbocycles. The van der Waals surface area contributed by atoms with Crippen LogP contribution in [0.15, 0.2) is 35.3 Å². The Kier molecular flexibility index (Phi) is 4.97. The number of para-hydroxylation sites is 1. The molecule has 1 aromatic carbocycles. The van der Waals surface area contributed by atoms with E-state index < -0.39 is 5.91 Å². The van der Waals surface area contributed by atoms with E-state index in [1.807, 2.05) is 11.0 Å². The molecule has 2 aliphatic rings. The Labute approximate surface area is 157 Å². The van der Waals surface area contributed by atoms with Gasteiger partial charge in [-0.15, -0.1) is 0 Å². The normalized spacial score (nSPS) is 22.3. The molecular formula is C21H25N3O3. The lowest BCUT2D eigenvalue weighted by molar-refractivity contribution is -0.136. The Balaban J connectivity index is 1.44. The fourth-order valence-electron chi connectivity index (χ4n) is 4.62. The first-order chi connectivity index (χ1) is 13.1. The summed E-state index contributed by atoms with van der Waals surface area (Å²) >= 11 is 0. The van der Waals surface area contributed by atoms with Crippen LogP contribution in [0.5, 0.6) is 0 Å². The molecule has 2 aromatic rings.